The zero-order chi connectivity index (χ0) is 18.7. The normalized spacial score (nSPS) is 14.3. The molecule has 1 aliphatic rings. The largest absolute Gasteiger partial charge is 0.497 e. The van der Waals surface area contributed by atoms with Crippen LogP contribution in [0.4, 0.5) is 4.39 Å². The molecule has 26 heavy (non-hydrogen) atoms. The Morgan fingerprint density at radius 1 is 0.962 bits per heavy atom. The third-order valence-electron chi connectivity index (χ3n) is 4.35. The first-order chi connectivity index (χ1) is 12.5. The number of piperazine rings is 1. The summed E-state index contributed by atoms with van der Waals surface area (Å²) in [6, 6.07) is 10.9. The molecule has 1 aliphatic heterocycles. The molecule has 0 aromatic heterocycles. The van der Waals surface area contributed by atoms with Gasteiger partial charge in [0.2, 0.25) is 0 Å². The quantitative estimate of drug-likeness (QED) is 0.827. The van der Waals surface area contributed by atoms with E-state index in [-0.39, 0.29) is 16.5 Å². The number of halogens is 2. The number of amides is 2. The van der Waals surface area contributed by atoms with Gasteiger partial charge in [-0.1, -0.05) is 11.6 Å². The second-order valence-corrected chi connectivity index (χ2v) is 6.37. The lowest BCUT2D eigenvalue weighted by Crippen LogP contribution is -2.50. The minimum absolute atomic E-state index is 0.00988. The molecule has 1 heterocycles. The summed E-state index contributed by atoms with van der Waals surface area (Å²) in [6.07, 6.45) is 0. The molecule has 0 atom stereocenters. The van der Waals surface area contributed by atoms with Crippen molar-refractivity contribution in [2.75, 3.05) is 33.3 Å². The Morgan fingerprint density at radius 2 is 1.54 bits per heavy atom. The van der Waals surface area contributed by atoms with Crippen molar-refractivity contribution in [1.82, 2.24) is 9.80 Å². The van der Waals surface area contributed by atoms with Crippen molar-refractivity contribution in [3.05, 3.63) is 64.4 Å². The van der Waals surface area contributed by atoms with Crippen molar-refractivity contribution >= 4 is 23.4 Å². The summed E-state index contributed by atoms with van der Waals surface area (Å²) in [5, 5.41) is 0.244. The average Bonchev–Trinajstić information content (AvgIpc) is 2.67. The van der Waals surface area contributed by atoms with Crippen LogP contribution in [0, 0.1) is 5.82 Å². The molecule has 0 N–H and O–H groups in total. The zero-order valence-corrected chi connectivity index (χ0v) is 15.0. The number of carbonyl (C=O) groups is 2. The third kappa shape index (κ3) is 3.80. The number of methoxy groups -OCH3 is 1. The highest BCUT2D eigenvalue weighted by Gasteiger charge is 2.26. The van der Waals surface area contributed by atoms with Crippen LogP contribution in [-0.2, 0) is 0 Å². The van der Waals surface area contributed by atoms with E-state index in [4.69, 9.17) is 16.3 Å². The zero-order valence-electron chi connectivity index (χ0n) is 14.2. The second kappa shape index (κ2) is 7.74. The SMILES string of the molecule is COc1ccc(C(=O)N2CCN(C(=O)c3ccc(Cl)cc3F)CC2)cc1. The molecule has 7 heteroatoms. The summed E-state index contributed by atoms with van der Waals surface area (Å²) < 4.78 is 19.0. The minimum atomic E-state index is -0.640. The molecular weight excluding hydrogens is 359 g/mol. The lowest BCUT2D eigenvalue weighted by atomic mass is 10.1. The monoisotopic (exact) mass is 376 g/mol. The Hall–Kier alpha value is -2.60. The van der Waals surface area contributed by atoms with Crippen molar-refractivity contribution in [3.63, 3.8) is 0 Å². The maximum Gasteiger partial charge on any atom is 0.256 e. The summed E-state index contributed by atoms with van der Waals surface area (Å²) in [7, 11) is 1.57. The highest BCUT2D eigenvalue weighted by atomic mass is 35.5. The Kier molecular flexibility index (Phi) is 5.42. The number of hydrogen-bond acceptors (Lipinski definition) is 3. The van der Waals surface area contributed by atoms with Gasteiger partial charge < -0.3 is 14.5 Å². The molecule has 2 aromatic rings. The molecule has 0 unspecified atom stereocenters. The Labute approximate surface area is 155 Å². The van der Waals surface area contributed by atoms with Gasteiger partial charge in [0, 0.05) is 36.8 Å². The van der Waals surface area contributed by atoms with Gasteiger partial charge in [-0.3, -0.25) is 9.59 Å². The van der Waals surface area contributed by atoms with E-state index in [0.29, 0.717) is 37.5 Å². The molecule has 0 bridgehead atoms. The minimum Gasteiger partial charge on any atom is -0.497 e. The van der Waals surface area contributed by atoms with Gasteiger partial charge in [0.05, 0.1) is 12.7 Å². The molecule has 2 aromatic carbocycles. The van der Waals surface area contributed by atoms with Crippen LogP contribution in [0.3, 0.4) is 0 Å². The van der Waals surface area contributed by atoms with E-state index in [2.05, 4.69) is 0 Å². The van der Waals surface area contributed by atoms with Crippen molar-refractivity contribution in [2.45, 2.75) is 0 Å². The maximum atomic E-state index is 13.9. The number of benzene rings is 2. The van der Waals surface area contributed by atoms with Gasteiger partial charge in [-0.15, -0.1) is 0 Å². The Bertz CT molecular complexity index is 818. The molecule has 0 spiro atoms. The van der Waals surface area contributed by atoms with Crippen molar-refractivity contribution < 1.29 is 18.7 Å². The van der Waals surface area contributed by atoms with Crippen LogP contribution in [0.2, 0.25) is 5.02 Å². The number of carbonyl (C=O) groups excluding carboxylic acids is 2. The van der Waals surface area contributed by atoms with E-state index in [1.54, 1.807) is 41.2 Å². The van der Waals surface area contributed by atoms with Crippen LogP contribution < -0.4 is 4.74 Å². The standard InChI is InChI=1S/C19H18ClFN2O3/c1-26-15-5-2-13(3-6-15)18(24)22-8-10-23(11-9-22)19(25)16-7-4-14(20)12-17(16)21/h2-7,12H,8-11H2,1H3. The maximum absolute atomic E-state index is 13.9. The van der Waals surface area contributed by atoms with Gasteiger partial charge in [0.1, 0.15) is 11.6 Å². The van der Waals surface area contributed by atoms with E-state index in [1.165, 1.54) is 12.1 Å². The van der Waals surface area contributed by atoms with E-state index in [9.17, 15) is 14.0 Å². The van der Waals surface area contributed by atoms with E-state index in [1.807, 2.05) is 0 Å². The first-order valence-corrected chi connectivity index (χ1v) is 8.55. The molecule has 3 rings (SSSR count). The van der Waals surface area contributed by atoms with Gasteiger partial charge in [0.15, 0.2) is 0 Å². The average molecular weight is 377 g/mol. The molecule has 1 fully saturated rings. The molecule has 0 radical (unpaired) electrons. The smallest absolute Gasteiger partial charge is 0.256 e. The molecule has 5 nitrogen and oxygen atoms in total. The fourth-order valence-corrected chi connectivity index (χ4v) is 3.02. The van der Waals surface area contributed by atoms with E-state index >= 15 is 0 Å². The van der Waals surface area contributed by atoms with Gasteiger partial charge in [-0.05, 0) is 42.5 Å². The third-order valence-corrected chi connectivity index (χ3v) is 4.59. The number of ether oxygens (including phenoxy) is 1. The van der Waals surface area contributed by atoms with Crippen molar-refractivity contribution in [3.8, 4) is 5.75 Å². The molecule has 136 valence electrons. The van der Waals surface area contributed by atoms with E-state index in [0.717, 1.165) is 6.07 Å². The molecule has 1 saturated heterocycles. The first-order valence-electron chi connectivity index (χ1n) is 8.17. The predicted molar refractivity (Wildman–Crippen MR) is 96.2 cm³/mol. The summed E-state index contributed by atoms with van der Waals surface area (Å²) >= 11 is 5.72. The highest BCUT2D eigenvalue weighted by molar-refractivity contribution is 6.30. The van der Waals surface area contributed by atoms with Gasteiger partial charge in [0.25, 0.3) is 11.8 Å². The summed E-state index contributed by atoms with van der Waals surface area (Å²) in [5.41, 5.74) is 0.554. The first kappa shape index (κ1) is 18.2. The Morgan fingerprint density at radius 3 is 2.08 bits per heavy atom. The molecule has 2 amide bonds. The van der Waals surface area contributed by atoms with Gasteiger partial charge in [-0.2, -0.15) is 0 Å². The number of rotatable bonds is 3. The van der Waals surface area contributed by atoms with Crippen LogP contribution in [0.15, 0.2) is 42.5 Å². The highest BCUT2D eigenvalue weighted by Crippen LogP contribution is 2.18. The Balaban J connectivity index is 1.63. The second-order valence-electron chi connectivity index (χ2n) is 5.94. The van der Waals surface area contributed by atoms with Gasteiger partial charge >= 0.3 is 0 Å². The lowest BCUT2D eigenvalue weighted by molar-refractivity contribution is 0.0533. The van der Waals surface area contributed by atoms with Crippen LogP contribution in [0.25, 0.3) is 0 Å². The lowest BCUT2D eigenvalue weighted by Gasteiger charge is -2.35. The van der Waals surface area contributed by atoms with Crippen LogP contribution in [-0.4, -0.2) is 54.9 Å². The number of hydrogen-bond donors (Lipinski definition) is 0. The topological polar surface area (TPSA) is 49.9 Å². The van der Waals surface area contributed by atoms with Crippen molar-refractivity contribution in [2.24, 2.45) is 0 Å². The molecular formula is C19H18ClFN2O3. The predicted octanol–water partition coefficient (Wildman–Crippen LogP) is 3.09. The summed E-state index contributed by atoms with van der Waals surface area (Å²) in [5.74, 6) is -0.450. The van der Waals surface area contributed by atoms with Crippen LogP contribution in [0.5, 0.6) is 5.75 Å². The van der Waals surface area contributed by atoms with Gasteiger partial charge in [-0.25, -0.2) is 4.39 Å². The summed E-state index contributed by atoms with van der Waals surface area (Å²) in [4.78, 5) is 28.2. The van der Waals surface area contributed by atoms with Crippen LogP contribution in [0.1, 0.15) is 20.7 Å². The van der Waals surface area contributed by atoms with Crippen molar-refractivity contribution in [1.29, 1.82) is 0 Å². The fourth-order valence-electron chi connectivity index (χ4n) is 2.86. The molecule has 0 saturated carbocycles. The van der Waals surface area contributed by atoms with E-state index < -0.39 is 11.7 Å². The number of nitrogens with zero attached hydrogens (tertiary/aromatic N) is 2. The summed E-state index contributed by atoms with van der Waals surface area (Å²) in [6.45, 7) is 1.49. The molecule has 0 aliphatic carbocycles. The fraction of sp³-hybridized carbons (Fsp3) is 0.263. The van der Waals surface area contributed by atoms with Crippen LogP contribution >= 0.6 is 11.6 Å².